The summed E-state index contributed by atoms with van der Waals surface area (Å²) in [6.45, 7) is 2.55. The SMILES string of the molecule is CNc1ccncc1C(=O)NCc1cccc(C)c1. The summed E-state index contributed by atoms with van der Waals surface area (Å²) in [5.74, 6) is -0.126. The van der Waals surface area contributed by atoms with Crippen molar-refractivity contribution in [2.45, 2.75) is 13.5 Å². The minimum atomic E-state index is -0.126. The number of aryl methyl sites for hydroxylation is 1. The Labute approximate surface area is 112 Å². The predicted octanol–water partition coefficient (Wildman–Crippen LogP) is 2.36. The van der Waals surface area contributed by atoms with Gasteiger partial charge in [0.1, 0.15) is 0 Å². The average molecular weight is 255 g/mol. The summed E-state index contributed by atoms with van der Waals surface area (Å²) in [5, 5.41) is 5.88. The maximum atomic E-state index is 12.1. The molecular weight excluding hydrogens is 238 g/mol. The van der Waals surface area contributed by atoms with Gasteiger partial charge in [0.25, 0.3) is 5.91 Å². The maximum absolute atomic E-state index is 12.1. The van der Waals surface area contributed by atoms with Crippen LogP contribution >= 0.6 is 0 Å². The van der Waals surface area contributed by atoms with Crippen molar-refractivity contribution in [2.24, 2.45) is 0 Å². The highest BCUT2D eigenvalue weighted by atomic mass is 16.1. The van der Waals surface area contributed by atoms with Crippen molar-refractivity contribution in [3.8, 4) is 0 Å². The number of hydrogen-bond acceptors (Lipinski definition) is 3. The standard InChI is InChI=1S/C15H17N3O/c1-11-4-3-5-12(8-11)9-18-15(19)13-10-17-7-6-14(13)16-2/h3-8,10H,9H2,1-2H3,(H,16,17)(H,18,19). The Bertz CT molecular complexity index is 581. The van der Waals surface area contributed by atoms with Gasteiger partial charge in [0.2, 0.25) is 0 Å². The van der Waals surface area contributed by atoms with E-state index in [4.69, 9.17) is 0 Å². The summed E-state index contributed by atoms with van der Waals surface area (Å²) in [6.07, 6.45) is 3.22. The Morgan fingerprint density at radius 2 is 2.16 bits per heavy atom. The molecule has 0 unspecified atom stereocenters. The van der Waals surface area contributed by atoms with Gasteiger partial charge in [-0.1, -0.05) is 29.8 Å². The fourth-order valence-electron chi connectivity index (χ4n) is 1.89. The Kier molecular flexibility index (Phi) is 4.13. The van der Waals surface area contributed by atoms with Gasteiger partial charge in [-0.15, -0.1) is 0 Å². The molecule has 0 radical (unpaired) electrons. The van der Waals surface area contributed by atoms with Crippen LogP contribution in [0.5, 0.6) is 0 Å². The zero-order valence-electron chi connectivity index (χ0n) is 11.1. The first-order valence-electron chi connectivity index (χ1n) is 6.16. The topological polar surface area (TPSA) is 54.0 Å². The van der Waals surface area contributed by atoms with Crippen LogP contribution in [0.3, 0.4) is 0 Å². The molecule has 2 N–H and O–H groups in total. The average Bonchev–Trinajstić information content (AvgIpc) is 2.45. The van der Waals surface area contributed by atoms with Crippen molar-refractivity contribution in [1.29, 1.82) is 0 Å². The molecular formula is C15H17N3O. The highest BCUT2D eigenvalue weighted by Crippen LogP contribution is 2.12. The third-order valence-corrected chi connectivity index (χ3v) is 2.87. The third kappa shape index (κ3) is 3.31. The van der Waals surface area contributed by atoms with Gasteiger partial charge in [0.05, 0.1) is 5.56 Å². The van der Waals surface area contributed by atoms with Crippen LogP contribution in [0.15, 0.2) is 42.7 Å². The van der Waals surface area contributed by atoms with Crippen LogP contribution in [0.4, 0.5) is 5.69 Å². The Hall–Kier alpha value is -2.36. The smallest absolute Gasteiger partial charge is 0.255 e. The van der Waals surface area contributed by atoms with Crippen LogP contribution < -0.4 is 10.6 Å². The zero-order valence-corrected chi connectivity index (χ0v) is 11.1. The molecule has 98 valence electrons. The van der Waals surface area contributed by atoms with Crippen LogP contribution in [-0.2, 0) is 6.54 Å². The largest absolute Gasteiger partial charge is 0.387 e. The van der Waals surface area contributed by atoms with Gasteiger partial charge in [-0.25, -0.2) is 0 Å². The molecule has 1 amide bonds. The van der Waals surface area contributed by atoms with Gasteiger partial charge in [-0.3, -0.25) is 9.78 Å². The predicted molar refractivity (Wildman–Crippen MR) is 76.1 cm³/mol. The Morgan fingerprint density at radius 3 is 2.89 bits per heavy atom. The molecule has 19 heavy (non-hydrogen) atoms. The van der Waals surface area contributed by atoms with E-state index in [1.54, 1.807) is 25.5 Å². The fourth-order valence-corrected chi connectivity index (χ4v) is 1.89. The molecule has 2 rings (SSSR count). The molecule has 0 spiro atoms. The molecule has 0 aliphatic carbocycles. The lowest BCUT2D eigenvalue weighted by Gasteiger charge is -2.09. The summed E-state index contributed by atoms with van der Waals surface area (Å²) < 4.78 is 0. The number of nitrogens with zero attached hydrogens (tertiary/aromatic N) is 1. The van der Waals surface area contributed by atoms with E-state index < -0.39 is 0 Å². The third-order valence-electron chi connectivity index (χ3n) is 2.87. The van der Waals surface area contributed by atoms with Crippen LogP contribution in [0.25, 0.3) is 0 Å². The highest BCUT2D eigenvalue weighted by molar-refractivity contribution is 5.99. The van der Waals surface area contributed by atoms with Crippen LogP contribution in [0.1, 0.15) is 21.5 Å². The van der Waals surface area contributed by atoms with E-state index in [2.05, 4.69) is 21.7 Å². The number of carbonyl (C=O) groups is 1. The second-order valence-corrected chi connectivity index (χ2v) is 4.34. The molecule has 0 aliphatic heterocycles. The first-order chi connectivity index (χ1) is 9.20. The number of aromatic nitrogens is 1. The van der Waals surface area contributed by atoms with Crippen LogP contribution in [0.2, 0.25) is 0 Å². The lowest BCUT2D eigenvalue weighted by molar-refractivity contribution is 0.0951. The lowest BCUT2D eigenvalue weighted by Crippen LogP contribution is -2.23. The Balaban J connectivity index is 2.05. The van der Waals surface area contributed by atoms with Gasteiger partial charge in [0, 0.05) is 31.7 Å². The molecule has 1 aromatic heterocycles. The minimum absolute atomic E-state index is 0.126. The number of hydrogen-bond donors (Lipinski definition) is 2. The molecule has 0 fully saturated rings. The van der Waals surface area contributed by atoms with Gasteiger partial charge < -0.3 is 10.6 Å². The zero-order chi connectivity index (χ0) is 13.7. The van der Waals surface area contributed by atoms with Crippen molar-refractivity contribution >= 4 is 11.6 Å². The Morgan fingerprint density at radius 1 is 1.32 bits per heavy atom. The molecule has 1 heterocycles. The van der Waals surface area contributed by atoms with E-state index >= 15 is 0 Å². The molecule has 2 aromatic rings. The molecule has 0 aliphatic rings. The summed E-state index contributed by atoms with van der Waals surface area (Å²) in [5.41, 5.74) is 3.60. The molecule has 1 aromatic carbocycles. The number of benzene rings is 1. The summed E-state index contributed by atoms with van der Waals surface area (Å²) in [4.78, 5) is 16.1. The van der Waals surface area contributed by atoms with E-state index in [9.17, 15) is 4.79 Å². The van der Waals surface area contributed by atoms with Gasteiger partial charge in [0.15, 0.2) is 0 Å². The number of rotatable bonds is 4. The first kappa shape index (κ1) is 13.1. The van der Waals surface area contributed by atoms with Crippen LogP contribution in [0, 0.1) is 6.92 Å². The van der Waals surface area contributed by atoms with Gasteiger partial charge in [-0.05, 0) is 18.6 Å². The fraction of sp³-hybridized carbons (Fsp3) is 0.200. The summed E-state index contributed by atoms with van der Waals surface area (Å²) in [6, 6.07) is 9.85. The van der Waals surface area contributed by atoms with Crippen molar-refractivity contribution in [2.75, 3.05) is 12.4 Å². The molecule has 0 saturated carbocycles. The van der Waals surface area contributed by atoms with E-state index in [0.29, 0.717) is 12.1 Å². The quantitative estimate of drug-likeness (QED) is 0.881. The van der Waals surface area contributed by atoms with E-state index in [1.807, 2.05) is 25.1 Å². The molecule has 0 atom stereocenters. The lowest BCUT2D eigenvalue weighted by atomic mass is 10.1. The highest BCUT2D eigenvalue weighted by Gasteiger charge is 2.10. The second-order valence-electron chi connectivity index (χ2n) is 4.34. The molecule has 4 nitrogen and oxygen atoms in total. The van der Waals surface area contributed by atoms with E-state index in [0.717, 1.165) is 11.3 Å². The maximum Gasteiger partial charge on any atom is 0.255 e. The molecule has 4 heteroatoms. The van der Waals surface area contributed by atoms with E-state index in [-0.39, 0.29) is 5.91 Å². The summed E-state index contributed by atoms with van der Waals surface area (Å²) in [7, 11) is 1.78. The van der Waals surface area contributed by atoms with E-state index in [1.165, 1.54) is 5.56 Å². The number of carbonyl (C=O) groups excluding carboxylic acids is 1. The van der Waals surface area contributed by atoms with Crippen molar-refractivity contribution < 1.29 is 4.79 Å². The van der Waals surface area contributed by atoms with Crippen molar-refractivity contribution in [3.63, 3.8) is 0 Å². The van der Waals surface area contributed by atoms with Crippen molar-refractivity contribution in [3.05, 3.63) is 59.4 Å². The summed E-state index contributed by atoms with van der Waals surface area (Å²) >= 11 is 0. The normalized spacial score (nSPS) is 10.0. The van der Waals surface area contributed by atoms with Crippen LogP contribution in [-0.4, -0.2) is 17.9 Å². The number of nitrogens with one attached hydrogen (secondary N) is 2. The minimum Gasteiger partial charge on any atom is -0.387 e. The van der Waals surface area contributed by atoms with Crippen molar-refractivity contribution in [1.82, 2.24) is 10.3 Å². The number of anilines is 1. The monoisotopic (exact) mass is 255 g/mol. The second kappa shape index (κ2) is 6.00. The molecule has 0 bridgehead atoms. The number of pyridine rings is 1. The van der Waals surface area contributed by atoms with Gasteiger partial charge in [-0.2, -0.15) is 0 Å². The molecule has 0 saturated heterocycles. The number of amides is 1. The first-order valence-corrected chi connectivity index (χ1v) is 6.16. The van der Waals surface area contributed by atoms with Gasteiger partial charge >= 0.3 is 0 Å².